The Morgan fingerprint density at radius 3 is 2.58 bits per heavy atom. The normalized spacial score (nSPS) is 11.0. The molecule has 0 saturated heterocycles. The highest BCUT2D eigenvalue weighted by atomic mass is 19.4. The molecule has 2 amide bonds. The molecule has 0 bridgehead atoms. The second-order valence-electron chi connectivity index (χ2n) is 5.24. The second-order valence-corrected chi connectivity index (χ2v) is 5.24. The molecule has 26 heavy (non-hydrogen) atoms. The summed E-state index contributed by atoms with van der Waals surface area (Å²) in [6, 6.07) is 4.98. The minimum Gasteiger partial charge on any atom is -0.354 e. The van der Waals surface area contributed by atoms with Gasteiger partial charge in [0.2, 0.25) is 11.8 Å². The summed E-state index contributed by atoms with van der Waals surface area (Å²) < 4.78 is 38.7. The number of amides is 2. The summed E-state index contributed by atoms with van der Waals surface area (Å²) in [7, 11) is 0. The minimum absolute atomic E-state index is 0.0291. The van der Waals surface area contributed by atoms with E-state index in [0.29, 0.717) is 16.3 Å². The van der Waals surface area contributed by atoms with Crippen molar-refractivity contribution in [2.75, 3.05) is 11.9 Å². The van der Waals surface area contributed by atoms with E-state index in [1.807, 2.05) is 0 Å². The number of carbonyl (C=O) groups excluding carboxylic acids is 2. The maximum Gasteiger partial charge on any atom is 0.421 e. The van der Waals surface area contributed by atoms with Crippen LogP contribution in [0.25, 0.3) is 0 Å². The Morgan fingerprint density at radius 1 is 1.15 bits per heavy atom. The van der Waals surface area contributed by atoms with E-state index in [0.717, 1.165) is 12.3 Å². The zero-order chi connectivity index (χ0) is 19.2. The highest BCUT2D eigenvalue weighted by Crippen LogP contribution is 2.25. The van der Waals surface area contributed by atoms with Crippen molar-refractivity contribution in [1.82, 2.24) is 14.9 Å². The van der Waals surface area contributed by atoms with Crippen LogP contribution >= 0.6 is 0 Å². The topological polar surface area (TPSA) is 93.1 Å². The van der Waals surface area contributed by atoms with Crippen molar-refractivity contribution in [2.24, 2.45) is 0 Å². The van der Waals surface area contributed by atoms with Crippen LogP contribution in [0.2, 0.25) is 0 Å². The summed E-state index contributed by atoms with van der Waals surface area (Å²) >= 11 is 0. The van der Waals surface area contributed by atoms with E-state index in [-0.39, 0.29) is 18.9 Å². The number of hydrogen-bond acceptors (Lipinski definition) is 4. The van der Waals surface area contributed by atoms with Gasteiger partial charge >= 0.3 is 6.18 Å². The Balaban J connectivity index is 1.84. The van der Waals surface area contributed by atoms with E-state index in [1.165, 1.54) is 6.20 Å². The first kappa shape index (κ1) is 19.2. The van der Waals surface area contributed by atoms with Crippen LogP contribution in [0, 0.1) is 0 Å². The van der Waals surface area contributed by atoms with Crippen molar-refractivity contribution < 1.29 is 22.8 Å². The second kappa shape index (κ2) is 8.28. The van der Waals surface area contributed by atoms with Crippen LogP contribution in [-0.2, 0) is 22.3 Å². The van der Waals surface area contributed by atoms with Crippen molar-refractivity contribution in [3.05, 3.63) is 58.8 Å². The van der Waals surface area contributed by atoms with Gasteiger partial charge in [-0.2, -0.15) is 13.2 Å². The summed E-state index contributed by atoms with van der Waals surface area (Å²) in [6.07, 6.45) is -0.743. The molecule has 2 aromatic heterocycles. The lowest BCUT2D eigenvalue weighted by atomic mass is 10.2. The van der Waals surface area contributed by atoms with Gasteiger partial charge in [-0.1, -0.05) is 0 Å². The molecule has 2 heterocycles. The van der Waals surface area contributed by atoms with Gasteiger partial charge in [-0.05, 0) is 24.3 Å². The summed E-state index contributed by atoms with van der Waals surface area (Å²) in [6.45, 7) is -0.606. The average molecular weight is 368 g/mol. The van der Waals surface area contributed by atoms with Gasteiger partial charge in [0.15, 0.2) is 0 Å². The van der Waals surface area contributed by atoms with Crippen LogP contribution in [0.5, 0.6) is 0 Å². The van der Waals surface area contributed by atoms with Crippen molar-refractivity contribution in [3.63, 3.8) is 0 Å². The average Bonchev–Trinajstić information content (AvgIpc) is 2.56. The van der Waals surface area contributed by atoms with Gasteiger partial charge in [-0.25, -0.2) is 0 Å². The van der Waals surface area contributed by atoms with E-state index in [2.05, 4.69) is 15.6 Å². The van der Waals surface area contributed by atoms with Crippen molar-refractivity contribution in [2.45, 2.75) is 19.1 Å². The number of pyridine rings is 2. The molecule has 2 N–H and O–H groups in total. The Kier molecular flexibility index (Phi) is 6.10. The smallest absolute Gasteiger partial charge is 0.354 e. The zero-order valence-electron chi connectivity index (χ0n) is 13.4. The maximum atomic E-state index is 12.7. The number of hydrogen-bond donors (Lipinski definition) is 2. The lowest BCUT2D eigenvalue weighted by Gasteiger charge is -2.10. The van der Waals surface area contributed by atoms with Gasteiger partial charge in [0.25, 0.3) is 5.56 Å². The number of nitrogens with one attached hydrogen (secondary N) is 2. The highest BCUT2D eigenvalue weighted by molar-refractivity contribution is 5.90. The van der Waals surface area contributed by atoms with Gasteiger partial charge in [-0.15, -0.1) is 0 Å². The molecule has 0 aliphatic carbocycles. The number of halogens is 3. The molecule has 0 fully saturated rings. The Bertz CT molecular complexity index is 835. The molecule has 138 valence electrons. The fraction of sp³-hybridized carbons (Fsp3) is 0.250. The highest BCUT2D eigenvalue weighted by Gasteiger charge is 2.34. The van der Waals surface area contributed by atoms with E-state index in [9.17, 15) is 27.6 Å². The molecule has 10 heteroatoms. The van der Waals surface area contributed by atoms with Crippen LogP contribution in [0.3, 0.4) is 0 Å². The molecule has 7 nitrogen and oxygen atoms in total. The van der Waals surface area contributed by atoms with Crippen molar-refractivity contribution >= 4 is 17.5 Å². The fourth-order valence-electron chi connectivity index (χ4n) is 2.06. The van der Waals surface area contributed by atoms with Gasteiger partial charge in [0.1, 0.15) is 12.1 Å². The summed E-state index contributed by atoms with van der Waals surface area (Å²) in [5.74, 6) is -1.05. The SMILES string of the molecule is O=C(Cn1cccc(C(F)(F)F)c1=O)NCCC(=O)Nc1cccnc1. The number of nitrogens with zero attached hydrogens (tertiary/aromatic N) is 2. The third-order valence-electron chi connectivity index (χ3n) is 3.26. The van der Waals surface area contributed by atoms with E-state index < -0.39 is 29.8 Å². The first-order chi connectivity index (χ1) is 12.3. The fourth-order valence-corrected chi connectivity index (χ4v) is 2.06. The predicted octanol–water partition coefficient (Wildman–Crippen LogP) is 1.41. The van der Waals surface area contributed by atoms with E-state index >= 15 is 0 Å². The number of aromatic nitrogens is 2. The predicted molar refractivity (Wildman–Crippen MR) is 86.2 cm³/mol. The standard InChI is InChI=1S/C16H15F3N4O3/c17-16(18,19)12-4-2-8-23(15(12)26)10-14(25)21-7-5-13(24)22-11-3-1-6-20-9-11/h1-4,6,8-9H,5,7,10H2,(H,21,25)(H,22,24). The molecule has 0 aromatic carbocycles. The molecule has 2 rings (SSSR count). The van der Waals surface area contributed by atoms with Crippen LogP contribution in [0.4, 0.5) is 18.9 Å². The molecule has 0 unspecified atom stereocenters. The van der Waals surface area contributed by atoms with Crippen LogP contribution in [-0.4, -0.2) is 27.9 Å². The first-order valence-corrected chi connectivity index (χ1v) is 7.50. The molecule has 0 saturated carbocycles. The van der Waals surface area contributed by atoms with Crippen LogP contribution < -0.4 is 16.2 Å². The molecule has 0 radical (unpaired) electrons. The molecule has 0 aliphatic rings. The number of rotatable bonds is 6. The lowest BCUT2D eigenvalue weighted by molar-refractivity contribution is -0.139. The van der Waals surface area contributed by atoms with Crippen molar-refractivity contribution in [1.29, 1.82) is 0 Å². The van der Waals surface area contributed by atoms with Gasteiger partial charge in [0, 0.05) is 25.4 Å². The number of carbonyl (C=O) groups is 2. The molecule has 2 aromatic rings. The number of anilines is 1. The Labute approximate surface area is 145 Å². The third-order valence-corrected chi connectivity index (χ3v) is 3.26. The Hall–Kier alpha value is -3.17. The third kappa shape index (κ3) is 5.43. The van der Waals surface area contributed by atoms with E-state index in [1.54, 1.807) is 18.3 Å². The maximum absolute atomic E-state index is 12.7. The van der Waals surface area contributed by atoms with Gasteiger partial charge < -0.3 is 15.2 Å². The van der Waals surface area contributed by atoms with Crippen molar-refractivity contribution in [3.8, 4) is 0 Å². The monoisotopic (exact) mass is 368 g/mol. The number of alkyl halides is 3. The molecular formula is C16H15F3N4O3. The molecule has 0 aliphatic heterocycles. The molecule has 0 atom stereocenters. The van der Waals surface area contributed by atoms with Gasteiger partial charge in [-0.3, -0.25) is 19.4 Å². The summed E-state index contributed by atoms with van der Waals surface area (Å²) in [5, 5.41) is 4.94. The van der Waals surface area contributed by atoms with Gasteiger partial charge in [0.05, 0.1) is 11.9 Å². The van der Waals surface area contributed by atoms with Crippen LogP contribution in [0.1, 0.15) is 12.0 Å². The largest absolute Gasteiger partial charge is 0.421 e. The molecule has 0 spiro atoms. The summed E-state index contributed by atoms with van der Waals surface area (Å²) in [5.41, 5.74) is -2.15. The molecular weight excluding hydrogens is 353 g/mol. The first-order valence-electron chi connectivity index (χ1n) is 7.50. The zero-order valence-corrected chi connectivity index (χ0v) is 13.4. The Morgan fingerprint density at radius 2 is 1.92 bits per heavy atom. The summed E-state index contributed by atoms with van der Waals surface area (Å²) in [4.78, 5) is 39.0. The van der Waals surface area contributed by atoms with E-state index in [4.69, 9.17) is 0 Å². The van der Waals surface area contributed by atoms with Crippen LogP contribution in [0.15, 0.2) is 47.7 Å². The lowest BCUT2D eigenvalue weighted by Crippen LogP contribution is -2.35. The quantitative estimate of drug-likeness (QED) is 0.806. The minimum atomic E-state index is -4.79.